The van der Waals surface area contributed by atoms with Gasteiger partial charge in [0.05, 0.1) is 13.2 Å². The average Bonchev–Trinajstić information content (AvgIpc) is 3.06. The van der Waals surface area contributed by atoms with E-state index >= 15 is 0 Å². The van der Waals surface area contributed by atoms with Gasteiger partial charge in [-0.2, -0.15) is 0 Å². The molecule has 2 saturated heterocycles. The highest BCUT2D eigenvalue weighted by atomic mass is 16.5. The van der Waals surface area contributed by atoms with E-state index in [-0.39, 0.29) is 30.2 Å². The van der Waals surface area contributed by atoms with Gasteiger partial charge in [0, 0.05) is 12.5 Å². The quantitative estimate of drug-likeness (QED) is 0.576. The van der Waals surface area contributed by atoms with Crippen LogP contribution in [0.25, 0.3) is 0 Å². The predicted octanol–water partition coefficient (Wildman–Crippen LogP) is -0.832. The normalized spacial score (nSPS) is 29.8. The van der Waals surface area contributed by atoms with E-state index in [1.807, 2.05) is 0 Å². The van der Waals surface area contributed by atoms with Crippen molar-refractivity contribution >= 4 is 17.8 Å². The van der Waals surface area contributed by atoms with Crippen LogP contribution in [-0.2, 0) is 19.1 Å². The number of carbonyl (C=O) groups is 3. The molecule has 0 aliphatic carbocycles. The molecule has 2 aliphatic rings. The van der Waals surface area contributed by atoms with Gasteiger partial charge in [-0.3, -0.25) is 9.59 Å². The Kier molecular flexibility index (Phi) is 5.17. The minimum absolute atomic E-state index is 0.0641. The molecule has 2 fully saturated rings. The first-order valence-electron chi connectivity index (χ1n) is 7.40. The van der Waals surface area contributed by atoms with Crippen molar-refractivity contribution < 1.29 is 19.1 Å². The Labute approximate surface area is 124 Å². The standard InChI is InChI=1S/C14H23N3O4/c1-8-5-10(16-7-8)13(19)17-11(14(20)21-2)6-9-3-4-15-12(9)18/h8-11,16H,3-7H2,1-2H3,(H,15,18)(H,17,19)/t8-,9+,10+,11+/m1/s1. The summed E-state index contributed by atoms with van der Waals surface area (Å²) < 4.78 is 4.74. The molecule has 0 spiro atoms. The van der Waals surface area contributed by atoms with Gasteiger partial charge in [0.1, 0.15) is 6.04 Å². The molecular weight excluding hydrogens is 274 g/mol. The molecule has 4 atom stereocenters. The van der Waals surface area contributed by atoms with Gasteiger partial charge < -0.3 is 20.7 Å². The maximum atomic E-state index is 12.2. The summed E-state index contributed by atoms with van der Waals surface area (Å²) in [5.74, 6) is -0.573. The van der Waals surface area contributed by atoms with E-state index in [2.05, 4.69) is 22.9 Å². The molecular formula is C14H23N3O4. The smallest absolute Gasteiger partial charge is 0.328 e. The number of nitrogens with one attached hydrogen (secondary N) is 3. The van der Waals surface area contributed by atoms with Crippen molar-refractivity contribution in [2.45, 2.75) is 38.3 Å². The Bertz CT molecular complexity index is 426. The summed E-state index contributed by atoms with van der Waals surface area (Å²) in [7, 11) is 1.28. The zero-order valence-corrected chi connectivity index (χ0v) is 12.5. The average molecular weight is 297 g/mol. The van der Waals surface area contributed by atoms with Crippen molar-refractivity contribution in [2.24, 2.45) is 11.8 Å². The Morgan fingerprint density at radius 3 is 2.76 bits per heavy atom. The first kappa shape index (κ1) is 15.8. The summed E-state index contributed by atoms with van der Waals surface area (Å²) in [6, 6.07) is -1.04. The fourth-order valence-electron chi connectivity index (χ4n) is 2.90. The van der Waals surface area contributed by atoms with Crippen LogP contribution in [0.1, 0.15) is 26.2 Å². The third-order valence-corrected chi connectivity index (χ3v) is 4.15. The van der Waals surface area contributed by atoms with Crippen molar-refractivity contribution in [3.05, 3.63) is 0 Å². The number of rotatable bonds is 5. The van der Waals surface area contributed by atoms with Crippen LogP contribution in [0.15, 0.2) is 0 Å². The van der Waals surface area contributed by atoms with Crippen LogP contribution in [-0.4, -0.2) is 50.1 Å². The summed E-state index contributed by atoms with van der Waals surface area (Å²) in [4.78, 5) is 35.6. The van der Waals surface area contributed by atoms with Crippen LogP contribution < -0.4 is 16.0 Å². The largest absolute Gasteiger partial charge is 0.467 e. The lowest BCUT2D eigenvalue weighted by molar-refractivity contribution is -0.146. The highest BCUT2D eigenvalue weighted by Gasteiger charge is 2.34. The van der Waals surface area contributed by atoms with Crippen molar-refractivity contribution in [3.63, 3.8) is 0 Å². The molecule has 118 valence electrons. The van der Waals surface area contributed by atoms with Gasteiger partial charge in [0.15, 0.2) is 0 Å². The highest BCUT2D eigenvalue weighted by Crippen LogP contribution is 2.18. The monoisotopic (exact) mass is 297 g/mol. The molecule has 2 aliphatic heterocycles. The second kappa shape index (κ2) is 6.89. The second-order valence-corrected chi connectivity index (χ2v) is 5.90. The van der Waals surface area contributed by atoms with E-state index in [1.165, 1.54) is 7.11 Å². The topological polar surface area (TPSA) is 96.5 Å². The van der Waals surface area contributed by atoms with Crippen LogP contribution in [0, 0.1) is 11.8 Å². The fourth-order valence-corrected chi connectivity index (χ4v) is 2.90. The molecule has 21 heavy (non-hydrogen) atoms. The molecule has 3 N–H and O–H groups in total. The van der Waals surface area contributed by atoms with Gasteiger partial charge >= 0.3 is 5.97 Å². The second-order valence-electron chi connectivity index (χ2n) is 5.90. The van der Waals surface area contributed by atoms with E-state index in [9.17, 15) is 14.4 Å². The molecule has 0 aromatic rings. The highest BCUT2D eigenvalue weighted by molar-refractivity contribution is 5.88. The number of carbonyl (C=O) groups excluding carboxylic acids is 3. The number of esters is 1. The van der Waals surface area contributed by atoms with Gasteiger partial charge in [-0.15, -0.1) is 0 Å². The van der Waals surface area contributed by atoms with Crippen LogP contribution in [0.4, 0.5) is 0 Å². The summed E-state index contributed by atoms with van der Waals surface area (Å²) in [6.07, 6.45) is 1.72. The summed E-state index contributed by atoms with van der Waals surface area (Å²) in [5.41, 5.74) is 0. The molecule has 0 unspecified atom stereocenters. The van der Waals surface area contributed by atoms with E-state index in [0.717, 1.165) is 13.0 Å². The Hall–Kier alpha value is -1.63. The molecule has 0 radical (unpaired) electrons. The van der Waals surface area contributed by atoms with Gasteiger partial charge in [0.25, 0.3) is 0 Å². The fraction of sp³-hybridized carbons (Fsp3) is 0.786. The lowest BCUT2D eigenvalue weighted by Gasteiger charge is -2.20. The number of ether oxygens (including phenoxy) is 1. The third kappa shape index (κ3) is 3.93. The molecule has 0 saturated carbocycles. The zero-order chi connectivity index (χ0) is 15.4. The summed E-state index contributed by atoms with van der Waals surface area (Å²) in [5, 5.41) is 8.58. The first-order chi connectivity index (χ1) is 10.0. The molecule has 2 heterocycles. The van der Waals surface area contributed by atoms with Gasteiger partial charge in [0.2, 0.25) is 11.8 Å². The lowest BCUT2D eigenvalue weighted by atomic mass is 9.98. The molecule has 0 bridgehead atoms. The van der Waals surface area contributed by atoms with Gasteiger partial charge in [-0.1, -0.05) is 6.92 Å². The number of hydrogen-bond donors (Lipinski definition) is 3. The molecule has 0 aromatic heterocycles. The number of hydrogen-bond acceptors (Lipinski definition) is 5. The summed E-state index contributed by atoms with van der Waals surface area (Å²) >= 11 is 0. The molecule has 2 rings (SSSR count). The van der Waals surface area contributed by atoms with Crippen molar-refractivity contribution in [3.8, 4) is 0 Å². The van der Waals surface area contributed by atoms with Crippen molar-refractivity contribution in [1.82, 2.24) is 16.0 Å². The number of methoxy groups -OCH3 is 1. The van der Waals surface area contributed by atoms with Crippen molar-refractivity contribution in [1.29, 1.82) is 0 Å². The maximum Gasteiger partial charge on any atom is 0.328 e. The van der Waals surface area contributed by atoms with Crippen LogP contribution in [0.3, 0.4) is 0 Å². The minimum atomic E-state index is -0.769. The van der Waals surface area contributed by atoms with Gasteiger partial charge in [-0.25, -0.2) is 4.79 Å². The Balaban J connectivity index is 1.94. The maximum absolute atomic E-state index is 12.2. The van der Waals surface area contributed by atoms with E-state index in [0.29, 0.717) is 18.9 Å². The Morgan fingerprint density at radius 1 is 1.48 bits per heavy atom. The summed E-state index contributed by atoms with van der Waals surface area (Å²) in [6.45, 7) is 3.49. The lowest BCUT2D eigenvalue weighted by Crippen LogP contribution is -2.49. The third-order valence-electron chi connectivity index (χ3n) is 4.15. The molecule has 2 amide bonds. The first-order valence-corrected chi connectivity index (χ1v) is 7.40. The molecule has 7 nitrogen and oxygen atoms in total. The van der Waals surface area contributed by atoms with E-state index in [4.69, 9.17) is 4.74 Å². The van der Waals surface area contributed by atoms with E-state index in [1.54, 1.807) is 0 Å². The number of amides is 2. The molecule has 0 aromatic carbocycles. The van der Waals surface area contributed by atoms with Gasteiger partial charge in [-0.05, 0) is 31.7 Å². The minimum Gasteiger partial charge on any atom is -0.467 e. The van der Waals surface area contributed by atoms with Crippen LogP contribution >= 0.6 is 0 Å². The zero-order valence-electron chi connectivity index (χ0n) is 12.5. The van der Waals surface area contributed by atoms with E-state index < -0.39 is 12.0 Å². The van der Waals surface area contributed by atoms with Crippen LogP contribution in [0.2, 0.25) is 0 Å². The SMILES string of the molecule is COC(=O)[C@H](C[C@@H]1CCNC1=O)NC(=O)[C@@H]1C[C@@H](C)CN1. The molecule has 7 heteroatoms. The predicted molar refractivity (Wildman–Crippen MR) is 75.3 cm³/mol. The van der Waals surface area contributed by atoms with Crippen molar-refractivity contribution in [2.75, 3.05) is 20.2 Å². The van der Waals surface area contributed by atoms with Crippen LogP contribution in [0.5, 0.6) is 0 Å². The Morgan fingerprint density at radius 2 is 2.24 bits per heavy atom.